The Kier molecular flexibility index (Phi) is 7.56. The summed E-state index contributed by atoms with van der Waals surface area (Å²) in [5, 5.41) is 45.4. The lowest BCUT2D eigenvalue weighted by Gasteiger charge is -2.50. The molecule has 0 spiro atoms. The maximum absolute atomic E-state index is 14.0. The molecule has 11 heteroatoms. The molecule has 0 unspecified atom stereocenters. The number of phenolic OH excluding ortho intramolecular Hbond substituents is 1. The molecule has 1 aromatic rings. The molecule has 0 bridgehead atoms. The second-order valence-corrected chi connectivity index (χ2v) is 12.8. The van der Waals surface area contributed by atoms with E-state index in [0.29, 0.717) is 12.1 Å². The number of hydrogen-bond donors (Lipinski definition) is 5. The van der Waals surface area contributed by atoms with E-state index in [1.165, 1.54) is 4.90 Å². The number of nitrogens with zero attached hydrogens (tertiary/aromatic N) is 3. The first-order chi connectivity index (χ1) is 18.9. The largest absolute Gasteiger partial charge is 0.510 e. The van der Waals surface area contributed by atoms with Crippen molar-refractivity contribution in [2.75, 3.05) is 39.6 Å². The maximum atomic E-state index is 14.0. The van der Waals surface area contributed by atoms with Gasteiger partial charge in [-0.15, -0.1) is 0 Å². The van der Waals surface area contributed by atoms with Gasteiger partial charge in [-0.1, -0.05) is 6.92 Å². The molecule has 0 aliphatic heterocycles. The van der Waals surface area contributed by atoms with Crippen LogP contribution in [0.4, 0.5) is 5.69 Å². The molecule has 0 aromatic heterocycles. The molecule has 11 nitrogen and oxygen atoms in total. The smallest absolute Gasteiger partial charge is 0.255 e. The number of aliphatic hydroxyl groups excluding tert-OH is 2. The van der Waals surface area contributed by atoms with Gasteiger partial charge in [0, 0.05) is 43.4 Å². The fourth-order valence-electron chi connectivity index (χ4n) is 7.08. The van der Waals surface area contributed by atoms with Crippen LogP contribution in [0.1, 0.15) is 55.6 Å². The van der Waals surface area contributed by atoms with Gasteiger partial charge < -0.3 is 31.1 Å². The van der Waals surface area contributed by atoms with E-state index < -0.39 is 58.0 Å². The minimum absolute atomic E-state index is 0.0111. The number of anilines is 1. The average molecular weight is 571 g/mol. The number of likely N-dealkylation sites (N-methyl/N-ethyl adjacent to an activating group) is 1. The van der Waals surface area contributed by atoms with E-state index in [-0.39, 0.29) is 35.3 Å². The van der Waals surface area contributed by atoms with Crippen molar-refractivity contribution in [2.24, 2.45) is 17.6 Å². The molecular formula is C30H42N4O7. The number of fused-ring (bicyclic) bond motifs is 3. The summed E-state index contributed by atoms with van der Waals surface area (Å²) in [6.45, 7) is 9.67. The van der Waals surface area contributed by atoms with Crippen LogP contribution in [-0.4, -0.2) is 99.6 Å². The Labute approximate surface area is 240 Å². The quantitative estimate of drug-likeness (QED) is 0.318. The number of carbonyl (C=O) groups is 3. The Morgan fingerprint density at radius 2 is 1.73 bits per heavy atom. The summed E-state index contributed by atoms with van der Waals surface area (Å²) in [4.78, 5) is 45.4. The maximum Gasteiger partial charge on any atom is 0.255 e. The molecule has 0 saturated heterocycles. The molecule has 0 heterocycles. The van der Waals surface area contributed by atoms with Crippen LogP contribution in [0.2, 0.25) is 0 Å². The number of hydrogen-bond acceptors (Lipinski definition) is 10. The van der Waals surface area contributed by atoms with E-state index in [2.05, 4.69) is 32.6 Å². The van der Waals surface area contributed by atoms with Gasteiger partial charge in [0.1, 0.15) is 22.8 Å². The number of carbonyl (C=O) groups excluding carboxylic acids is 3. The summed E-state index contributed by atoms with van der Waals surface area (Å²) in [5.41, 5.74) is 3.87. The van der Waals surface area contributed by atoms with Crippen LogP contribution >= 0.6 is 0 Å². The Morgan fingerprint density at radius 3 is 2.22 bits per heavy atom. The second-order valence-electron chi connectivity index (χ2n) is 12.8. The molecule has 4 atom stereocenters. The zero-order valence-corrected chi connectivity index (χ0v) is 25.1. The van der Waals surface area contributed by atoms with Crippen LogP contribution in [0, 0.1) is 11.8 Å². The van der Waals surface area contributed by atoms with Gasteiger partial charge >= 0.3 is 0 Å². The Balaban J connectivity index is 1.94. The molecule has 4 rings (SSSR count). The van der Waals surface area contributed by atoms with E-state index in [9.17, 15) is 34.8 Å². The zero-order valence-electron chi connectivity index (χ0n) is 25.1. The third-order valence-corrected chi connectivity index (χ3v) is 8.91. The molecule has 6 N–H and O–H groups in total. The summed E-state index contributed by atoms with van der Waals surface area (Å²) in [6, 6.07) is 0.539. The third-order valence-electron chi connectivity index (χ3n) is 8.91. The van der Waals surface area contributed by atoms with Gasteiger partial charge in [-0.2, -0.15) is 0 Å². The molecule has 3 aliphatic carbocycles. The molecule has 0 saturated carbocycles. The van der Waals surface area contributed by atoms with Crippen LogP contribution in [0.25, 0.3) is 0 Å². The predicted molar refractivity (Wildman–Crippen MR) is 154 cm³/mol. The summed E-state index contributed by atoms with van der Waals surface area (Å²) in [6.07, 6.45) is 0.289. The third kappa shape index (κ3) is 4.50. The van der Waals surface area contributed by atoms with E-state index in [1.807, 2.05) is 19.0 Å². The molecule has 1 amide bonds. The number of primary amides is 1. The Morgan fingerprint density at radius 1 is 1.12 bits per heavy atom. The number of nitrogens with two attached hydrogens (primary N) is 1. The van der Waals surface area contributed by atoms with Crippen LogP contribution in [-0.2, 0) is 22.6 Å². The monoisotopic (exact) mass is 570 g/mol. The minimum atomic E-state index is -2.65. The predicted octanol–water partition coefficient (Wildman–Crippen LogP) is 1.81. The van der Waals surface area contributed by atoms with Gasteiger partial charge in [0.25, 0.3) is 5.91 Å². The normalized spacial score (nSPS) is 26.4. The van der Waals surface area contributed by atoms with E-state index in [4.69, 9.17) is 5.73 Å². The number of allylic oxidation sites excluding steroid dienone is 1. The minimum Gasteiger partial charge on any atom is -0.510 e. The van der Waals surface area contributed by atoms with E-state index in [1.54, 1.807) is 20.2 Å². The first kappa shape index (κ1) is 30.5. The summed E-state index contributed by atoms with van der Waals surface area (Å²) in [5.74, 6) is -6.57. The van der Waals surface area contributed by atoms with Crippen molar-refractivity contribution in [1.82, 2.24) is 9.80 Å². The summed E-state index contributed by atoms with van der Waals surface area (Å²) in [7, 11) is 6.95. The fraction of sp³-hybridized carbons (Fsp3) is 0.567. The van der Waals surface area contributed by atoms with E-state index >= 15 is 0 Å². The molecule has 3 aliphatic rings. The van der Waals surface area contributed by atoms with Gasteiger partial charge in [0.2, 0.25) is 5.78 Å². The second kappa shape index (κ2) is 10.1. The van der Waals surface area contributed by atoms with Gasteiger partial charge in [-0.3, -0.25) is 24.2 Å². The zero-order chi connectivity index (χ0) is 30.9. The van der Waals surface area contributed by atoms with Crippen molar-refractivity contribution in [3.8, 4) is 5.75 Å². The van der Waals surface area contributed by atoms with Crippen molar-refractivity contribution in [1.29, 1.82) is 0 Å². The van der Waals surface area contributed by atoms with Crippen LogP contribution < -0.4 is 10.6 Å². The number of benzene rings is 1. The lowest BCUT2D eigenvalue weighted by molar-refractivity contribution is -0.148. The van der Waals surface area contributed by atoms with Crippen LogP contribution in [0.3, 0.4) is 0 Å². The number of amides is 1. The van der Waals surface area contributed by atoms with Crippen LogP contribution in [0.15, 0.2) is 28.7 Å². The number of ketones is 2. The highest BCUT2D eigenvalue weighted by molar-refractivity contribution is 6.24. The molecule has 0 fully saturated rings. The molecular weight excluding hydrogens is 528 g/mol. The van der Waals surface area contributed by atoms with Crippen molar-refractivity contribution < 1.29 is 34.8 Å². The summed E-state index contributed by atoms with van der Waals surface area (Å²) >= 11 is 0. The topological polar surface area (TPSA) is 168 Å². The van der Waals surface area contributed by atoms with Crippen molar-refractivity contribution in [3.63, 3.8) is 0 Å². The van der Waals surface area contributed by atoms with Crippen LogP contribution in [0.5, 0.6) is 5.75 Å². The first-order valence-corrected chi connectivity index (χ1v) is 13.8. The van der Waals surface area contributed by atoms with Gasteiger partial charge in [-0.25, -0.2) is 0 Å². The highest BCUT2D eigenvalue weighted by Gasteiger charge is 2.63. The number of phenols is 1. The lowest BCUT2D eigenvalue weighted by atomic mass is 9.58. The fourth-order valence-corrected chi connectivity index (χ4v) is 7.08. The lowest BCUT2D eigenvalue weighted by Crippen LogP contribution is -2.63. The highest BCUT2D eigenvalue weighted by Crippen LogP contribution is 2.53. The van der Waals surface area contributed by atoms with Crippen molar-refractivity contribution in [3.05, 3.63) is 45.4 Å². The Hall–Kier alpha value is -3.41. The van der Waals surface area contributed by atoms with Gasteiger partial charge in [-0.05, 0) is 77.4 Å². The highest BCUT2D eigenvalue weighted by atomic mass is 16.3. The number of Topliss-reactive ketones (excluding diaryl/α,β-unsaturated/α-hetero) is 2. The van der Waals surface area contributed by atoms with Crippen molar-refractivity contribution >= 4 is 23.2 Å². The average Bonchev–Trinajstić information content (AvgIpc) is 2.83. The standard InChI is InChI=1S/C30H42N4O7/c1-9-34(29(2,3)4)13-15-12-18(35)20-16(22(15)32(5)6)10-14-11-17-23(33(7)8)25(37)21(28(31)40)27(39)30(17,41)26(38)19(14)24(20)36/h12,14,17,23,35,37-38,41H,9-11,13H2,1-8H3,(H2,31,40)/t14-,17-,23-,30-/m0/s1. The summed E-state index contributed by atoms with van der Waals surface area (Å²) < 4.78 is 0. The van der Waals surface area contributed by atoms with Crippen molar-refractivity contribution in [2.45, 2.75) is 64.3 Å². The van der Waals surface area contributed by atoms with Gasteiger partial charge in [0.15, 0.2) is 11.4 Å². The van der Waals surface area contributed by atoms with E-state index in [0.717, 1.165) is 17.8 Å². The Bertz CT molecular complexity index is 1390. The number of aromatic hydroxyl groups is 1. The molecule has 0 radical (unpaired) electrons. The first-order valence-electron chi connectivity index (χ1n) is 13.8. The molecule has 224 valence electrons. The SMILES string of the molecule is CCN(Cc1cc(O)c2c(c1N(C)C)C[C@H]1C[C@H]3[C@H](N(C)C)C(O)=C(C(N)=O)C(=O)[C@@]3(O)C(O)=C1C2=O)C(C)(C)C. The molecule has 41 heavy (non-hydrogen) atoms. The van der Waals surface area contributed by atoms with Gasteiger partial charge in [0.05, 0.1) is 11.6 Å². The number of aliphatic hydroxyl groups is 3. The number of rotatable bonds is 6. The molecule has 1 aromatic carbocycles.